The summed E-state index contributed by atoms with van der Waals surface area (Å²) in [4.78, 5) is 20.0. The van der Waals surface area contributed by atoms with E-state index < -0.39 is 0 Å². The molecule has 1 unspecified atom stereocenters. The topological polar surface area (TPSA) is 76.2 Å². The third-order valence-corrected chi connectivity index (χ3v) is 7.09. The zero-order valence-corrected chi connectivity index (χ0v) is 20.4. The largest absolute Gasteiger partial charge is 0.341 e. The molecule has 36 heavy (non-hydrogen) atoms. The molecule has 1 N–H and O–H groups in total. The molecule has 1 fully saturated rings. The van der Waals surface area contributed by atoms with E-state index in [9.17, 15) is 4.79 Å². The molecule has 7 heteroatoms. The Bertz CT molecular complexity index is 1520. The lowest BCUT2D eigenvalue weighted by atomic mass is 9.97. The third kappa shape index (κ3) is 4.27. The predicted octanol–water partition coefficient (Wildman–Crippen LogP) is 5.72. The number of amides is 1. The summed E-state index contributed by atoms with van der Waals surface area (Å²) in [6.45, 7) is 5.20. The molecule has 7 nitrogen and oxygen atoms in total. The minimum absolute atomic E-state index is 0.0637. The molecule has 0 radical (unpaired) electrons. The second-order valence-electron chi connectivity index (χ2n) is 9.43. The van der Waals surface area contributed by atoms with Gasteiger partial charge in [-0.15, -0.1) is 0 Å². The minimum atomic E-state index is -0.0806. The number of aromatic nitrogens is 3. The summed E-state index contributed by atoms with van der Waals surface area (Å²) in [6.07, 6.45) is 1.83. The molecule has 182 valence electrons. The summed E-state index contributed by atoms with van der Waals surface area (Å²) in [5.41, 5.74) is 4.18. The van der Waals surface area contributed by atoms with Gasteiger partial charge >= 0.3 is 0 Å². The second-order valence-corrected chi connectivity index (χ2v) is 9.43. The number of carbonyl (C=O) groups is 1. The van der Waals surface area contributed by atoms with Crippen molar-refractivity contribution in [3.8, 4) is 11.4 Å². The van der Waals surface area contributed by atoms with Crippen LogP contribution >= 0.6 is 0 Å². The standard InChI is InChI=1S/C29H29N5O2/c1-2-34-25-13-7-6-12-23(25)24-17-22(14-15-26(24)34)30-29(35)21-11-8-16-33(18-21)19-27-31-28(32-36-27)20-9-4-3-5-10-20/h3-7,9-10,12-15,17,21H,2,8,11,16,18-19H2,1H3,(H,30,35). The fraction of sp³-hybridized carbons (Fsp3) is 0.276. The van der Waals surface area contributed by atoms with E-state index in [0.717, 1.165) is 37.2 Å². The predicted molar refractivity (Wildman–Crippen MR) is 141 cm³/mol. The monoisotopic (exact) mass is 479 g/mol. The van der Waals surface area contributed by atoms with Crippen molar-refractivity contribution in [2.24, 2.45) is 5.92 Å². The van der Waals surface area contributed by atoms with Crippen molar-refractivity contribution < 1.29 is 9.32 Å². The zero-order valence-electron chi connectivity index (χ0n) is 20.4. The van der Waals surface area contributed by atoms with Crippen LogP contribution in [-0.4, -0.2) is 38.6 Å². The van der Waals surface area contributed by atoms with Gasteiger partial charge in [-0.1, -0.05) is 53.7 Å². The number of fused-ring (bicyclic) bond motifs is 3. The molecule has 0 saturated carbocycles. The molecule has 3 heterocycles. The fourth-order valence-corrected chi connectivity index (χ4v) is 5.34. The average Bonchev–Trinajstić information content (AvgIpc) is 3.51. The maximum atomic E-state index is 13.2. The summed E-state index contributed by atoms with van der Waals surface area (Å²) in [5, 5.41) is 9.68. The van der Waals surface area contributed by atoms with Gasteiger partial charge in [-0.3, -0.25) is 9.69 Å². The smallest absolute Gasteiger partial charge is 0.241 e. The number of nitrogens with zero attached hydrogens (tertiary/aromatic N) is 4. The van der Waals surface area contributed by atoms with Crippen molar-refractivity contribution >= 4 is 33.4 Å². The summed E-state index contributed by atoms with van der Waals surface area (Å²) in [6, 6.07) is 24.5. The Labute approximate surface area is 209 Å². The van der Waals surface area contributed by atoms with Gasteiger partial charge in [0, 0.05) is 46.1 Å². The van der Waals surface area contributed by atoms with Gasteiger partial charge in [-0.25, -0.2) is 0 Å². The number of nitrogens with one attached hydrogen (secondary N) is 1. The van der Waals surface area contributed by atoms with Crippen LogP contribution in [0.1, 0.15) is 25.7 Å². The number of aryl methyl sites for hydroxylation is 1. The maximum Gasteiger partial charge on any atom is 0.241 e. The van der Waals surface area contributed by atoms with Crippen LogP contribution in [0.3, 0.4) is 0 Å². The number of rotatable bonds is 6. The van der Waals surface area contributed by atoms with Gasteiger partial charge in [0.2, 0.25) is 17.6 Å². The molecule has 3 aromatic carbocycles. The Morgan fingerprint density at radius 3 is 2.69 bits per heavy atom. The van der Waals surface area contributed by atoms with Gasteiger partial charge < -0.3 is 14.4 Å². The molecule has 0 aliphatic carbocycles. The lowest BCUT2D eigenvalue weighted by Crippen LogP contribution is -2.40. The third-order valence-electron chi connectivity index (χ3n) is 7.09. The first kappa shape index (κ1) is 22.5. The van der Waals surface area contributed by atoms with Gasteiger partial charge in [0.15, 0.2) is 0 Å². The molecule has 1 saturated heterocycles. The number of likely N-dealkylation sites (tertiary alicyclic amines) is 1. The van der Waals surface area contributed by atoms with Crippen LogP contribution in [0.5, 0.6) is 0 Å². The maximum absolute atomic E-state index is 13.2. The molecule has 6 rings (SSSR count). The highest BCUT2D eigenvalue weighted by Crippen LogP contribution is 2.31. The first-order valence-corrected chi connectivity index (χ1v) is 12.6. The highest BCUT2D eigenvalue weighted by Gasteiger charge is 2.27. The molecule has 0 spiro atoms. The number of para-hydroxylation sites is 1. The highest BCUT2D eigenvalue weighted by molar-refractivity contribution is 6.09. The number of benzene rings is 3. The van der Waals surface area contributed by atoms with Gasteiger partial charge in [0.05, 0.1) is 12.5 Å². The average molecular weight is 480 g/mol. The van der Waals surface area contributed by atoms with Crippen LogP contribution in [0.25, 0.3) is 33.2 Å². The van der Waals surface area contributed by atoms with Crippen molar-refractivity contribution in [2.45, 2.75) is 32.9 Å². The number of anilines is 1. The number of hydrogen-bond acceptors (Lipinski definition) is 5. The van der Waals surface area contributed by atoms with E-state index in [0.29, 0.717) is 24.8 Å². The Hall–Kier alpha value is -3.97. The fourth-order valence-electron chi connectivity index (χ4n) is 5.34. The lowest BCUT2D eigenvalue weighted by molar-refractivity contribution is -0.121. The summed E-state index contributed by atoms with van der Waals surface area (Å²) >= 11 is 0. The van der Waals surface area contributed by atoms with Crippen molar-refractivity contribution in [1.29, 1.82) is 0 Å². The SMILES string of the molecule is CCn1c2ccccc2c2cc(NC(=O)C3CCCN(Cc4nc(-c5ccccc5)no4)C3)ccc21. The zero-order chi connectivity index (χ0) is 24.5. The van der Waals surface area contributed by atoms with Crippen LogP contribution in [0.2, 0.25) is 0 Å². The Balaban J connectivity index is 1.14. The Kier molecular flexibility index (Phi) is 5.99. The first-order valence-electron chi connectivity index (χ1n) is 12.6. The van der Waals surface area contributed by atoms with E-state index in [2.05, 4.69) is 68.2 Å². The molecular formula is C29H29N5O2. The molecule has 1 aliphatic rings. The van der Waals surface area contributed by atoms with Crippen LogP contribution < -0.4 is 5.32 Å². The molecule has 1 amide bonds. The van der Waals surface area contributed by atoms with Gasteiger partial charge in [-0.2, -0.15) is 4.98 Å². The van der Waals surface area contributed by atoms with E-state index in [-0.39, 0.29) is 11.8 Å². The normalized spacial score (nSPS) is 16.5. The van der Waals surface area contributed by atoms with Crippen LogP contribution in [0, 0.1) is 5.92 Å². The summed E-state index contributed by atoms with van der Waals surface area (Å²) < 4.78 is 7.81. The second kappa shape index (κ2) is 9.59. The highest BCUT2D eigenvalue weighted by atomic mass is 16.5. The molecule has 1 atom stereocenters. The van der Waals surface area contributed by atoms with E-state index >= 15 is 0 Å². The molecule has 0 bridgehead atoms. The van der Waals surface area contributed by atoms with Crippen LogP contribution in [-0.2, 0) is 17.9 Å². The van der Waals surface area contributed by atoms with Gasteiger partial charge in [0.25, 0.3) is 0 Å². The van der Waals surface area contributed by atoms with Crippen molar-refractivity contribution in [3.63, 3.8) is 0 Å². The number of carbonyl (C=O) groups excluding carboxylic acids is 1. The van der Waals surface area contributed by atoms with Crippen molar-refractivity contribution in [2.75, 3.05) is 18.4 Å². The number of piperidine rings is 1. The van der Waals surface area contributed by atoms with Crippen LogP contribution in [0.4, 0.5) is 5.69 Å². The Morgan fingerprint density at radius 2 is 1.83 bits per heavy atom. The first-order chi connectivity index (χ1) is 17.7. The van der Waals surface area contributed by atoms with Crippen LogP contribution in [0.15, 0.2) is 77.3 Å². The Morgan fingerprint density at radius 1 is 1.03 bits per heavy atom. The summed E-state index contributed by atoms with van der Waals surface area (Å²) in [5.74, 6) is 1.15. The minimum Gasteiger partial charge on any atom is -0.341 e. The van der Waals surface area contributed by atoms with E-state index in [4.69, 9.17) is 4.52 Å². The quantitative estimate of drug-likeness (QED) is 0.337. The van der Waals surface area contributed by atoms with Crippen molar-refractivity contribution in [1.82, 2.24) is 19.6 Å². The molecule has 2 aromatic heterocycles. The van der Waals surface area contributed by atoms with E-state index in [1.165, 1.54) is 21.8 Å². The molecule has 5 aromatic rings. The lowest BCUT2D eigenvalue weighted by Gasteiger charge is -2.30. The molecule has 1 aliphatic heterocycles. The van der Waals surface area contributed by atoms with Crippen molar-refractivity contribution in [3.05, 3.63) is 78.7 Å². The van der Waals surface area contributed by atoms with Gasteiger partial charge in [-0.05, 0) is 50.6 Å². The summed E-state index contributed by atoms with van der Waals surface area (Å²) in [7, 11) is 0. The number of hydrogen-bond donors (Lipinski definition) is 1. The molecular weight excluding hydrogens is 450 g/mol. The van der Waals surface area contributed by atoms with Gasteiger partial charge in [0.1, 0.15) is 0 Å². The van der Waals surface area contributed by atoms with E-state index in [1.54, 1.807) is 0 Å². The van der Waals surface area contributed by atoms with E-state index in [1.807, 2.05) is 36.4 Å².